The molecule has 2 aromatic carbocycles. The number of ether oxygens (including phenoxy) is 1. The quantitative estimate of drug-likeness (QED) is 0.693. The van der Waals surface area contributed by atoms with Crippen LogP contribution in [0.1, 0.15) is 5.56 Å². The Labute approximate surface area is 147 Å². The summed E-state index contributed by atoms with van der Waals surface area (Å²) in [6, 6.07) is 18.4. The van der Waals surface area contributed by atoms with Crippen LogP contribution in [0, 0.1) is 11.3 Å². The molecule has 7 heteroatoms. The first kappa shape index (κ1) is 17.3. The number of hydrogen-bond acceptors (Lipinski definition) is 4. The molecule has 0 radical (unpaired) electrons. The van der Waals surface area contributed by atoms with Crippen molar-refractivity contribution in [1.29, 1.82) is 5.26 Å². The predicted molar refractivity (Wildman–Crippen MR) is 90.8 cm³/mol. The van der Waals surface area contributed by atoms with Crippen molar-refractivity contribution in [3.8, 4) is 22.9 Å². The molecule has 0 atom stereocenters. The van der Waals surface area contributed by atoms with E-state index in [1.54, 1.807) is 12.3 Å². The van der Waals surface area contributed by atoms with Gasteiger partial charge in [-0.25, -0.2) is 4.98 Å². The summed E-state index contributed by atoms with van der Waals surface area (Å²) in [6.45, 7) is 0. The van der Waals surface area contributed by atoms with Gasteiger partial charge in [0.2, 0.25) is 0 Å². The van der Waals surface area contributed by atoms with E-state index in [-0.39, 0.29) is 5.75 Å². The first-order valence-corrected chi connectivity index (χ1v) is 7.53. The van der Waals surface area contributed by atoms with E-state index in [1.165, 1.54) is 24.3 Å². The highest BCUT2D eigenvalue weighted by molar-refractivity contribution is 5.70. The van der Waals surface area contributed by atoms with E-state index in [1.807, 2.05) is 30.3 Å². The minimum absolute atomic E-state index is 0.316. The van der Waals surface area contributed by atoms with Gasteiger partial charge in [0.25, 0.3) is 0 Å². The van der Waals surface area contributed by atoms with E-state index >= 15 is 0 Å². The van der Waals surface area contributed by atoms with Gasteiger partial charge in [-0.05, 0) is 35.9 Å². The maximum absolute atomic E-state index is 12.2. The molecule has 0 saturated heterocycles. The zero-order chi connectivity index (χ0) is 18.6. The topological polar surface area (TPSA) is 57.9 Å². The number of rotatable bonds is 4. The molecular formula is C19H12F3N3O. The third-order valence-electron chi connectivity index (χ3n) is 3.47. The Morgan fingerprint density at radius 3 is 2.27 bits per heavy atom. The summed E-state index contributed by atoms with van der Waals surface area (Å²) in [5.41, 5.74) is 2.52. The highest BCUT2D eigenvalue weighted by Gasteiger charge is 2.30. The van der Waals surface area contributed by atoms with Crippen molar-refractivity contribution in [3.63, 3.8) is 0 Å². The Bertz CT molecular complexity index is 933. The van der Waals surface area contributed by atoms with Crippen molar-refractivity contribution in [2.24, 2.45) is 0 Å². The minimum Gasteiger partial charge on any atom is -0.406 e. The Morgan fingerprint density at radius 2 is 1.65 bits per heavy atom. The number of nitriles is 1. The van der Waals surface area contributed by atoms with E-state index in [4.69, 9.17) is 0 Å². The summed E-state index contributed by atoms with van der Waals surface area (Å²) in [5.74, 6) is -0.00684. The molecule has 26 heavy (non-hydrogen) atoms. The van der Waals surface area contributed by atoms with Crippen molar-refractivity contribution in [2.75, 3.05) is 5.32 Å². The Hall–Kier alpha value is -3.53. The fourth-order valence-electron chi connectivity index (χ4n) is 2.31. The summed E-state index contributed by atoms with van der Waals surface area (Å²) in [5, 5.41) is 12.3. The Kier molecular flexibility index (Phi) is 4.76. The molecule has 1 heterocycles. The SMILES string of the molecule is N#Cc1cc(-c2ccccc2)cnc1Nc1ccc(OC(F)(F)F)cc1. The first-order chi connectivity index (χ1) is 12.4. The lowest BCUT2D eigenvalue weighted by Crippen LogP contribution is -2.16. The number of nitrogens with one attached hydrogen (secondary N) is 1. The van der Waals surface area contributed by atoms with Gasteiger partial charge in [0.1, 0.15) is 17.6 Å². The minimum atomic E-state index is -4.74. The third kappa shape index (κ3) is 4.30. The van der Waals surface area contributed by atoms with E-state index in [0.717, 1.165) is 11.1 Å². The monoisotopic (exact) mass is 355 g/mol. The number of aromatic nitrogens is 1. The van der Waals surface area contributed by atoms with E-state index in [0.29, 0.717) is 17.1 Å². The first-order valence-electron chi connectivity index (χ1n) is 7.53. The lowest BCUT2D eigenvalue weighted by molar-refractivity contribution is -0.274. The maximum Gasteiger partial charge on any atom is 0.573 e. The number of alkyl halides is 3. The van der Waals surface area contributed by atoms with Crippen LogP contribution in [0.2, 0.25) is 0 Å². The standard InChI is InChI=1S/C19H12F3N3O/c20-19(21,22)26-17-8-6-16(7-9-17)25-18-14(11-23)10-15(12-24-18)13-4-2-1-3-5-13/h1-10,12H,(H,24,25). The molecule has 0 spiro atoms. The van der Waals surface area contributed by atoms with Crippen LogP contribution in [0.15, 0.2) is 66.9 Å². The van der Waals surface area contributed by atoms with Crippen molar-refractivity contribution in [3.05, 3.63) is 72.4 Å². The van der Waals surface area contributed by atoms with Gasteiger partial charge in [-0.15, -0.1) is 13.2 Å². The molecule has 0 fully saturated rings. The van der Waals surface area contributed by atoms with Gasteiger partial charge in [-0.1, -0.05) is 30.3 Å². The molecule has 0 amide bonds. The smallest absolute Gasteiger partial charge is 0.406 e. The second kappa shape index (κ2) is 7.15. The summed E-state index contributed by atoms with van der Waals surface area (Å²) < 4.78 is 40.4. The molecule has 0 aliphatic rings. The average molecular weight is 355 g/mol. The summed E-state index contributed by atoms with van der Waals surface area (Å²) >= 11 is 0. The van der Waals surface area contributed by atoms with Crippen LogP contribution in [-0.4, -0.2) is 11.3 Å². The largest absolute Gasteiger partial charge is 0.573 e. The van der Waals surface area contributed by atoms with Gasteiger partial charge in [0, 0.05) is 17.4 Å². The molecule has 3 aromatic rings. The van der Waals surface area contributed by atoms with Gasteiger partial charge in [0.05, 0.1) is 5.56 Å². The Morgan fingerprint density at radius 1 is 0.962 bits per heavy atom. The molecule has 0 aliphatic heterocycles. The van der Waals surface area contributed by atoms with Crippen LogP contribution in [0.5, 0.6) is 5.75 Å². The van der Waals surface area contributed by atoms with Crippen LogP contribution < -0.4 is 10.1 Å². The molecule has 130 valence electrons. The summed E-state index contributed by atoms with van der Waals surface area (Å²) in [7, 11) is 0. The maximum atomic E-state index is 12.2. The molecule has 4 nitrogen and oxygen atoms in total. The fraction of sp³-hybridized carbons (Fsp3) is 0.0526. The molecule has 0 aliphatic carbocycles. The zero-order valence-corrected chi connectivity index (χ0v) is 13.3. The molecular weight excluding hydrogens is 343 g/mol. The number of pyridine rings is 1. The molecule has 1 N–H and O–H groups in total. The van der Waals surface area contributed by atoms with Crippen molar-refractivity contribution in [1.82, 2.24) is 4.98 Å². The lowest BCUT2D eigenvalue weighted by Gasteiger charge is -2.11. The molecule has 0 bridgehead atoms. The Balaban J connectivity index is 1.81. The number of nitrogens with zero attached hydrogens (tertiary/aromatic N) is 2. The second-order valence-electron chi connectivity index (χ2n) is 5.30. The number of hydrogen-bond donors (Lipinski definition) is 1. The molecule has 1 aromatic heterocycles. The highest BCUT2D eigenvalue weighted by atomic mass is 19.4. The molecule has 3 rings (SSSR count). The third-order valence-corrected chi connectivity index (χ3v) is 3.47. The normalized spacial score (nSPS) is 10.8. The highest BCUT2D eigenvalue weighted by Crippen LogP contribution is 2.27. The predicted octanol–water partition coefficient (Wildman–Crippen LogP) is 5.26. The number of halogens is 3. The van der Waals surface area contributed by atoms with Crippen LogP contribution in [0.3, 0.4) is 0 Å². The molecule has 0 unspecified atom stereocenters. The average Bonchev–Trinajstić information content (AvgIpc) is 2.63. The van der Waals surface area contributed by atoms with Gasteiger partial charge >= 0.3 is 6.36 Å². The molecule has 0 saturated carbocycles. The van der Waals surface area contributed by atoms with Gasteiger partial charge < -0.3 is 10.1 Å². The van der Waals surface area contributed by atoms with Crippen LogP contribution in [0.25, 0.3) is 11.1 Å². The van der Waals surface area contributed by atoms with Gasteiger partial charge in [-0.3, -0.25) is 0 Å². The van der Waals surface area contributed by atoms with Gasteiger partial charge in [0.15, 0.2) is 0 Å². The van der Waals surface area contributed by atoms with Crippen molar-refractivity contribution in [2.45, 2.75) is 6.36 Å². The zero-order valence-electron chi connectivity index (χ0n) is 13.3. The van der Waals surface area contributed by atoms with Crippen LogP contribution >= 0.6 is 0 Å². The number of anilines is 2. The van der Waals surface area contributed by atoms with Crippen LogP contribution in [-0.2, 0) is 0 Å². The van der Waals surface area contributed by atoms with E-state index in [2.05, 4.69) is 21.1 Å². The summed E-state index contributed by atoms with van der Waals surface area (Å²) in [6.07, 6.45) is -3.11. The van der Waals surface area contributed by atoms with Gasteiger partial charge in [-0.2, -0.15) is 5.26 Å². The van der Waals surface area contributed by atoms with Crippen LogP contribution in [0.4, 0.5) is 24.7 Å². The van der Waals surface area contributed by atoms with E-state index in [9.17, 15) is 18.4 Å². The second-order valence-corrected chi connectivity index (χ2v) is 5.30. The van der Waals surface area contributed by atoms with Crippen molar-refractivity contribution >= 4 is 11.5 Å². The number of benzene rings is 2. The lowest BCUT2D eigenvalue weighted by atomic mass is 10.1. The van der Waals surface area contributed by atoms with E-state index < -0.39 is 6.36 Å². The summed E-state index contributed by atoms with van der Waals surface area (Å²) in [4.78, 5) is 4.26. The van der Waals surface area contributed by atoms with Crippen molar-refractivity contribution < 1.29 is 17.9 Å². The fourth-order valence-corrected chi connectivity index (χ4v) is 2.31.